The van der Waals surface area contributed by atoms with E-state index in [-0.39, 0.29) is 6.04 Å². The van der Waals surface area contributed by atoms with Crippen LogP contribution in [0.5, 0.6) is 0 Å². The summed E-state index contributed by atoms with van der Waals surface area (Å²) in [5, 5.41) is 0. The van der Waals surface area contributed by atoms with Gasteiger partial charge in [-0.05, 0) is 13.3 Å². The van der Waals surface area contributed by atoms with E-state index in [0.717, 1.165) is 17.9 Å². The Balaban J connectivity index is 0.000000922. The summed E-state index contributed by atoms with van der Waals surface area (Å²) in [6, 6.07) is 0.0596. The minimum Gasteiger partial charge on any atom is -0.345 e. The van der Waals surface area contributed by atoms with Gasteiger partial charge < -0.3 is 10.7 Å². The molecule has 1 aromatic heterocycles. The number of aromatic amines is 1. The number of nitrogens with one attached hydrogen (secondary N) is 1. The molecular formula is C16H33N3O4S. The highest BCUT2D eigenvalue weighted by Gasteiger charge is 2.03. The van der Waals surface area contributed by atoms with Crippen molar-refractivity contribution in [1.29, 1.82) is 0 Å². The Morgan fingerprint density at radius 3 is 1.96 bits per heavy atom. The number of hydrogen-bond donors (Lipinski definition) is 4. The molecule has 142 valence electrons. The Bertz CT molecular complexity index is 507. The fourth-order valence-corrected chi connectivity index (χ4v) is 2.34. The number of imidazole rings is 1. The van der Waals surface area contributed by atoms with Crippen LogP contribution in [0.2, 0.25) is 0 Å². The molecule has 0 aliphatic carbocycles. The second-order valence-electron chi connectivity index (χ2n) is 6.10. The van der Waals surface area contributed by atoms with Gasteiger partial charge in [-0.25, -0.2) is 4.98 Å². The Kier molecular flexibility index (Phi) is 12.8. The highest BCUT2D eigenvalue weighted by Crippen LogP contribution is 2.12. The summed E-state index contributed by atoms with van der Waals surface area (Å²) in [6.45, 7) is 4.25. The van der Waals surface area contributed by atoms with E-state index in [4.69, 9.17) is 23.3 Å². The molecule has 5 N–H and O–H groups in total. The van der Waals surface area contributed by atoms with Crippen molar-refractivity contribution in [2.24, 2.45) is 5.73 Å². The van der Waals surface area contributed by atoms with Crippen molar-refractivity contribution in [3.8, 4) is 0 Å². The lowest BCUT2D eigenvalue weighted by molar-refractivity contribution is 0.381. The first-order chi connectivity index (χ1) is 11.2. The minimum atomic E-state index is -4.67. The number of hydrogen-bond acceptors (Lipinski definition) is 4. The molecule has 0 saturated carbocycles. The third kappa shape index (κ3) is 15.9. The van der Waals surface area contributed by atoms with E-state index in [2.05, 4.69) is 16.9 Å². The average molecular weight is 364 g/mol. The first-order valence-electron chi connectivity index (χ1n) is 8.73. The Morgan fingerprint density at radius 2 is 1.54 bits per heavy atom. The molecule has 1 unspecified atom stereocenters. The smallest absolute Gasteiger partial charge is 0.345 e. The van der Waals surface area contributed by atoms with Crippen LogP contribution in [0.4, 0.5) is 0 Å². The van der Waals surface area contributed by atoms with E-state index in [1.165, 1.54) is 57.8 Å². The molecular weight excluding hydrogens is 330 g/mol. The van der Waals surface area contributed by atoms with Crippen molar-refractivity contribution in [1.82, 2.24) is 9.97 Å². The highest BCUT2D eigenvalue weighted by atomic mass is 32.3. The largest absolute Gasteiger partial charge is 0.394 e. The van der Waals surface area contributed by atoms with Gasteiger partial charge in [0.25, 0.3) is 0 Å². The molecule has 1 heterocycles. The summed E-state index contributed by atoms with van der Waals surface area (Å²) in [7, 11) is -4.67. The van der Waals surface area contributed by atoms with Gasteiger partial charge in [-0.1, -0.05) is 58.3 Å². The van der Waals surface area contributed by atoms with E-state index >= 15 is 0 Å². The molecule has 7 nitrogen and oxygen atoms in total. The third-order valence-electron chi connectivity index (χ3n) is 3.66. The van der Waals surface area contributed by atoms with Gasteiger partial charge in [0.2, 0.25) is 0 Å². The van der Waals surface area contributed by atoms with Crippen LogP contribution in [0.15, 0.2) is 6.20 Å². The second kappa shape index (κ2) is 13.3. The Hall–Kier alpha value is -0.960. The van der Waals surface area contributed by atoms with E-state index in [1.54, 1.807) is 0 Å². The quantitative estimate of drug-likeness (QED) is 0.349. The van der Waals surface area contributed by atoms with Crippen LogP contribution < -0.4 is 5.73 Å². The standard InChI is InChI=1S/C16H31N3.H2O4S/c1-3-4-5-6-7-8-9-10-11-12-16-18-13-15(19-16)14(2)17;1-5(2,3)4/h13-14H,3-12,17H2,1-2H3,(H,18,19);(H2,1,2,3,4). The van der Waals surface area contributed by atoms with E-state index in [0.29, 0.717) is 0 Å². The summed E-state index contributed by atoms with van der Waals surface area (Å²) in [6.07, 6.45) is 15.2. The summed E-state index contributed by atoms with van der Waals surface area (Å²) in [4.78, 5) is 7.67. The van der Waals surface area contributed by atoms with Gasteiger partial charge in [-0.2, -0.15) is 8.42 Å². The van der Waals surface area contributed by atoms with Gasteiger partial charge in [0, 0.05) is 18.7 Å². The number of nitrogens with two attached hydrogens (primary N) is 1. The van der Waals surface area contributed by atoms with Crippen LogP contribution in [0.3, 0.4) is 0 Å². The normalized spacial score (nSPS) is 12.5. The van der Waals surface area contributed by atoms with Crippen molar-refractivity contribution in [2.45, 2.75) is 84.1 Å². The predicted octanol–water partition coefficient (Wildman–Crippen LogP) is 3.85. The van der Waals surface area contributed by atoms with Crippen LogP contribution in [0.1, 0.15) is 89.2 Å². The maximum Gasteiger partial charge on any atom is 0.394 e. The van der Waals surface area contributed by atoms with Crippen molar-refractivity contribution in [2.75, 3.05) is 0 Å². The van der Waals surface area contributed by atoms with Crippen molar-refractivity contribution >= 4 is 10.4 Å². The fraction of sp³-hybridized carbons (Fsp3) is 0.812. The van der Waals surface area contributed by atoms with Gasteiger partial charge in [-0.15, -0.1) is 0 Å². The molecule has 0 saturated heterocycles. The Morgan fingerprint density at radius 1 is 1.08 bits per heavy atom. The zero-order valence-electron chi connectivity index (χ0n) is 14.9. The zero-order valence-corrected chi connectivity index (χ0v) is 15.7. The SMILES string of the molecule is CCCCCCCCCCCc1ncc(C(C)N)[nH]1.O=S(=O)(O)O. The van der Waals surface area contributed by atoms with Gasteiger partial charge in [-0.3, -0.25) is 9.11 Å². The molecule has 8 heteroatoms. The molecule has 1 atom stereocenters. The minimum absolute atomic E-state index is 0.0596. The van der Waals surface area contributed by atoms with E-state index in [1.807, 2.05) is 13.1 Å². The van der Waals surface area contributed by atoms with Gasteiger partial charge in [0.05, 0.1) is 5.69 Å². The summed E-state index contributed by atoms with van der Waals surface area (Å²) < 4.78 is 31.6. The van der Waals surface area contributed by atoms with Gasteiger partial charge in [0.15, 0.2) is 0 Å². The third-order valence-corrected chi connectivity index (χ3v) is 3.66. The van der Waals surface area contributed by atoms with Gasteiger partial charge >= 0.3 is 10.4 Å². The number of aromatic nitrogens is 2. The molecule has 0 aliphatic heterocycles. The van der Waals surface area contributed by atoms with Crippen LogP contribution in [-0.4, -0.2) is 27.5 Å². The lowest BCUT2D eigenvalue weighted by Gasteiger charge is -2.02. The lowest BCUT2D eigenvalue weighted by Crippen LogP contribution is -2.05. The molecule has 0 bridgehead atoms. The maximum atomic E-state index is 8.74. The lowest BCUT2D eigenvalue weighted by atomic mass is 10.1. The molecule has 1 aromatic rings. The number of nitrogens with zero attached hydrogens (tertiary/aromatic N) is 1. The number of unbranched alkanes of at least 4 members (excludes halogenated alkanes) is 8. The van der Waals surface area contributed by atoms with Crippen LogP contribution in [0, 0.1) is 0 Å². The molecule has 0 fully saturated rings. The molecule has 0 aliphatic rings. The Labute approximate surface area is 146 Å². The highest BCUT2D eigenvalue weighted by molar-refractivity contribution is 7.79. The zero-order chi connectivity index (χ0) is 18.4. The van der Waals surface area contributed by atoms with E-state index < -0.39 is 10.4 Å². The number of rotatable bonds is 11. The molecule has 24 heavy (non-hydrogen) atoms. The first kappa shape index (κ1) is 23.0. The van der Waals surface area contributed by atoms with Crippen LogP contribution in [-0.2, 0) is 16.8 Å². The maximum absolute atomic E-state index is 8.74. The van der Waals surface area contributed by atoms with Crippen molar-refractivity contribution in [3.63, 3.8) is 0 Å². The summed E-state index contributed by atoms with van der Waals surface area (Å²) in [5.74, 6) is 1.09. The summed E-state index contributed by atoms with van der Waals surface area (Å²) >= 11 is 0. The summed E-state index contributed by atoms with van der Waals surface area (Å²) in [5.41, 5.74) is 6.85. The fourth-order valence-electron chi connectivity index (χ4n) is 2.34. The topological polar surface area (TPSA) is 129 Å². The molecule has 0 spiro atoms. The van der Waals surface area contributed by atoms with Crippen LogP contribution >= 0.6 is 0 Å². The number of H-pyrrole nitrogens is 1. The first-order valence-corrected chi connectivity index (χ1v) is 10.1. The molecule has 0 radical (unpaired) electrons. The number of aryl methyl sites for hydroxylation is 1. The van der Waals surface area contributed by atoms with Crippen molar-refractivity contribution in [3.05, 3.63) is 17.7 Å². The molecule has 1 rings (SSSR count). The van der Waals surface area contributed by atoms with Crippen LogP contribution in [0.25, 0.3) is 0 Å². The van der Waals surface area contributed by atoms with E-state index in [9.17, 15) is 0 Å². The monoisotopic (exact) mass is 363 g/mol. The van der Waals surface area contributed by atoms with Gasteiger partial charge in [0.1, 0.15) is 5.82 Å². The van der Waals surface area contributed by atoms with Crippen molar-refractivity contribution < 1.29 is 17.5 Å². The second-order valence-corrected chi connectivity index (χ2v) is 7.00. The molecule has 0 amide bonds. The predicted molar refractivity (Wildman–Crippen MR) is 96.3 cm³/mol. The average Bonchev–Trinajstić information content (AvgIpc) is 2.93. The molecule has 0 aromatic carbocycles.